The highest BCUT2D eigenvalue weighted by Crippen LogP contribution is 2.33. The number of anilines is 1. The highest BCUT2D eigenvalue weighted by molar-refractivity contribution is 6.32. The maximum Gasteiger partial charge on any atom is 0.319 e. The van der Waals surface area contributed by atoms with Gasteiger partial charge in [0.05, 0.1) is 23.1 Å². The first-order valence-corrected chi connectivity index (χ1v) is 9.44. The third kappa shape index (κ3) is 4.52. The maximum absolute atomic E-state index is 13.0. The second kappa shape index (κ2) is 8.83. The Labute approximate surface area is 177 Å². The maximum atomic E-state index is 13.0. The van der Waals surface area contributed by atoms with Crippen molar-refractivity contribution in [1.82, 2.24) is 10.6 Å². The molecule has 156 valence electrons. The Morgan fingerprint density at radius 3 is 2.60 bits per heavy atom. The van der Waals surface area contributed by atoms with E-state index >= 15 is 0 Å². The molecule has 0 aliphatic carbocycles. The van der Waals surface area contributed by atoms with Crippen molar-refractivity contribution >= 4 is 34.9 Å². The molecule has 1 atom stereocenters. The molecular weight excluding hydrogens is 412 g/mol. The van der Waals surface area contributed by atoms with Crippen LogP contribution in [-0.2, 0) is 4.79 Å². The molecule has 0 fully saturated rings. The van der Waals surface area contributed by atoms with Crippen LogP contribution in [-0.4, -0.2) is 23.5 Å². The lowest BCUT2D eigenvalue weighted by Crippen LogP contribution is -2.46. The minimum Gasteiger partial charge on any atom is -0.494 e. The van der Waals surface area contributed by atoms with E-state index in [4.69, 9.17) is 16.3 Å². The van der Waals surface area contributed by atoms with Gasteiger partial charge < -0.3 is 20.7 Å². The Morgan fingerprint density at radius 2 is 1.97 bits per heavy atom. The first kappa shape index (κ1) is 21.1. The molecule has 9 nitrogen and oxygen atoms in total. The second-order valence-corrected chi connectivity index (χ2v) is 6.86. The van der Waals surface area contributed by atoms with Gasteiger partial charge in [0.15, 0.2) is 0 Å². The molecule has 1 aliphatic heterocycles. The van der Waals surface area contributed by atoms with Gasteiger partial charge in [-0.2, -0.15) is 0 Å². The Morgan fingerprint density at radius 1 is 1.27 bits per heavy atom. The Hall–Kier alpha value is -3.59. The summed E-state index contributed by atoms with van der Waals surface area (Å²) in [6.07, 6.45) is 0. The lowest BCUT2D eigenvalue weighted by atomic mass is 9.94. The van der Waals surface area contributed by atoms with Gasteiger partial charge in [0.2, 0.25) is 0 Å². The summed E-state index contributed by atoms with van der Waals surface area (Å²) in [5, 5.41) is 19.2. The lowest BCUT2D eigenvalue weighted by molar-refractivity contribution is -0.384. The van der Waals surface area contributed by atoms with Crippen molar-refractivity contribution in [2.45, 2.75) is 19.9 Å². The minimum absolute atomic E-state index is 0.0369. The molecule has 3 amide bonds. The number of rotatable bonds is 6. The normalized spacial score (nSPS) is 15.8. The van der Waals surface area contributed by atoms with E-state index in [1.54, 1.807) is 31.2 Å². The molecule has 0 unspecified atom stereocenters. The number of nitro benzene ring substituents is 1. The highest BCUT2D eigenvalue weighted by Gasteiger charge is 2.32. The van der Waals surface area contributed by atoms with Crippen LogP contribution in [0.1, 0.15) is 25.5 Å². The fourth-order valence-electron chi connectivity index (χ4n) is 3.09. The van der Waals surface area contributed by atoms with E-state index in [2.05, 4.69) is 16.0 Å². The van der Waals surface area contributed by atoms with E-state index in [1.165, 1.54) is 18.2 Å². The number of nitrogens with zero attached hydrogens (tertiary/aromatic N) is 1. The number of ether oxygens (including phenoxy) is 1. The first-order chi connectivity index (χ1) is 14.3. The minimum atomic E-state index is -0.891. The highest BCUT2D eigenvalue weighted by atomic mass is 35.5. The van der Waals surface area contributed by atoms with E-state index < -0.39 is 22.9 Å². The molecule has 0 saturated heterocycles. The number of nitro groups is 1. The molecule has 0 radical (unpaired) electrons. The third-order valence-corrected chi connectivity index (χ3v) is 4.76. The molecule has 2 aromatic rings. The van der Waals surface area contributed by atoms with Crippen LogP contribution in [0.25, 0.3) is 0 Å². The molecular formula is C20H19ClN4O5. The molecule has 30 heavy (non-hydrogen) atoms. The molecule has 2 aromatic carbocycles. The molecule has 1 aliphatic rings. The zero-order valence-electron chi connectivity index (χ0n) is 16.2. The van der Waals surface area contributed by atoms with Gasteiger partial charge in [-0.15, -0.1) is 0 Å². The summed E-state index contributed by atoms with van der Waals surface area (Å²) in [5.74, 6) is 0.204. The van der Waals surface area contributed by atoms with Crippen LogP contribution in [0.2, 0.25) is 5.02 Å². The van der Waals surface area contributed by atoms with Gasteiger partial charge in [0, 0.05) is 17.5 Å². The van der Waals surface area contributed by atoms with Gasteiger partial charge in [-0.25, -0.2) is 4.79 Å². The van der Waals surface area contributed by atoms with Gasteiger partial charge in [-0.3, -0.25) is 14.9 Å². The smallest absolute Gasteiger partial charge is 0.319 e. The molecule has 0 aromatic heterocycles. The predicted octanol–water partition coefficient (Wildman–Crippen LogP) is 3.91. The summed E-state index contributed by atoms with van der Waals surface area (Å²) in [6, 6.07) is 9.55. The first-order valence-electron chi connectivity index (χ1n) is 9.06. The molecule has 3 N–H and O–H groups in total. The van der Waals surface area contributed by atoms with Gasteiger partial charge in [-0.1, -0.05) is 17.7 Å². The van der Waals surface area contributed by atoms with Gasteiger partial charge in [-0.05, 0) is 49.7 Å². The predicted molar refractivity (Wildman–Crippen MR) is 111 cm³/mol. The number of allylic oxidation sites excluding steroid dienone is 1. The van der Waals surface area contributed by atoms with Crippen LogP contribution in [0.5, 0.6) is 5.75 Å². The zero-order valence-corrected chi connectivity index (χ0v) is 16.9. The van der Waals surface area contributed by atoms with Crippen molar-refractivity contribution in [2.75, 3.05) is 11.9 Å². The van der Waals surface area contributed by atoms with E-state index in [0.717, 1.165) is 0 Å². The molecule has 1 heterocycles. The number of carbonyl (C=O) groups is 2. The van der Waals surface area contributed by atoms with E-state index in [1.807, 2.05) is 6.92 Å². The van der Waals surface area contributed by atoms with Crippen molar-refractivity contribution in [1.29, 1.82) is 0 Å². The van der Waals surface area contributed by atoms with Crippen LogP contribution >= 0.6 is 11.6 Å². The monoisotopic (exact) mass is 430 g/mol. The van der Waals surface area contributed by atoms with E-state index in [0.29, 0.717) is 29.3 Å². The van der Waals surface area contributed by atoms with Crippen LogP contribution in [0.3, 0.4) is 0 Å². The summed E-state index contributed by atoms with van der Waals surface area (Å²) in [5.41, 5.74) is 1.13. The SMILES string of the molecule is CCOc1ccc(NC(=O)C2=C(C)NC(=O)N[C@@H]2c2ccc(Cl)c([N+](=O)[O-])c2)cc1. The number of carbonyl (C=O) groups excluding carboxylic acids is 2. The molecule has 3 rings (SSSR count). The van der Waals surface area contributed by atoms with Crippen LogP contribution in [0, 0.1) is 10.1 Å². The average molecular weight is 431 g/mol. The Kier molecular flexibility index (Phi) is 6.22. The van der Waals surface area contributed by atoms with Gasteiger partial charge >= 0.3 is 6.03 Å². The van der Waals surface area contributed by atoms with Crippen molar-refractivity contribution < 1.29 is 19.2 Å². The fourth-order valence-corrected chi connectivity index (χ4v) is 3.28. The summed E-state index contributed by atoms with van der Waals surface area (Å²) >= 11 is 5.89. The largest absolute Gasteiger partial charge is 0.494 e. The standard InChI is InChI=1S/C20H19ClN4O5/c1-3-30-14-7-5-13(6-8-14)23-19(26)17-11(2)22-20(27)24-18(17)12-4-9-15(21)16(10-12)25(28)29/h4-10,18H,3H2,1-2H3,(H,23,26)(H2,22,24,27)/t18-/m1/s1. The second-order valence-electron chi connectivity index (χ2n) is 6.45. The summed E-state index contributed by atoms with van der Waals surface area (Å²) in [7, 11) is 0. The quantitative estimate of drug-likeness (QED) is 0.473. The van der Waals surface area contributed by atoms with Crippen LogP contribution in [0.15, 0.2) is 53.7 Å². The van der Waals surface area contributed by atoms with Crippen LogP contribution < -0.4 is 20.7 Å². The summed E-state index contributed by atoms with van der Waals surface area (Å²) in [4.78, 5) is 35.6. The van der Waals surface area contributed by atoms with Crippen molar-refractivity contribution in [3.63, 3.8) is 0 Å². The van der Waals surface area contributed by atoms with Crippen molar-refractivity contribution in [3.05, 3.63) is 74.4 Å². The molecule has 0 spiro atoms. The number of hydrogen-bond acceptors (Lipinski definition) is 5. The average Bonchev–Trinajstić information content (AvgIpc) is 2.69. The van der Waals surface area contributed by atoms with Crippen molar-refractivity contribution in [3.8, 4) is 5.75 Å². The molecule has 0 saturated carbocycles. The Balaban J connectivity index is 1.92. The third-order valence-electron chi connectivity index (χ3n) is 4.44. The van der Waals surface area contributed by atoms with Crippen molar-refractivity contribution in [2.24, 2.45) is 0 Å². The van der Waals surface area contributed by atoms with E-state index in [-0.39, 0.29) is 16.3 Å². The molecule has 0 bridgehead atoms. The lowest BCUT2D eigenvalue weighted by Gasteiger charge is -2.28. The van der Waals surface area contributed by atoms with E-state index in [9.17, 15) is 19.7 Å². The number of halogens is 1. The number of amides is 3. The number of urea groups is 1. The van der Waals surface area contributed by atoms with Gasteiger partial charge in [0.25, 0.3) is 11.6 Å². The van der Waals surface area contributed by atoms with Crippen LogP contribution in [0.4, 0.5) is 16.2 Å². The molecule has 10 heteroatoms. The Bertz CT molecular complexity index is 1040. The zero-order chi connectivity index (χ0) is 21.8. The fraction of sp³-hybridized carbons (Fsp3) is 0.200. The number of nitrogens with one attached hydrogen (secondary N) is 3. The van der Waals surface area contributed by atoms with Gasteiger partial charge in [0.1, 0.15) is 10.8 Å². The number of hydrogen-bond donors (Lipinski definition) is 3. The summed E-state index contributed by atoms with van der Waals surface area (Å²) in [6.45, 7) is 3.98. The topological polar surface area (TPSA) is 123 Å². The summed E-state index contributed by atoms with van der Waals surface area (Å²) < 4.78 is 5.38. The number of benzene rings is 2.